The number of carbonyl (C=O) groups is 2. The normalized spacial score (nSPS) is 11.5. The van der Waals surface area contributed by atoms with Gasteiger partial charge in [0.05, 0.1) is 13.2 Å². The second kappa shape index (κ2) is 9.46. The Bertz CT molecular complexity index is 745. The second-order valence-electron chi connectivity index (χ2n) is 5.78. The number of phenolic OH excluding ortho intramolecular Hbond substituents is 1. The lowest BCUT2D eigenvalue weighted by molar-refractivity contribution is -0.125. The Labute approximate surface area is 152 Å². The predicted octanol–water partition coefficient (Wildman–Crippen LogP) is 3.22. The van der Waals surface area contributed by atoms with Gasteiger partial charge in [-0.05, 0) is 30.2 Å². The van der Waals surface area contributed by atoms with Crippen molar-refractivity contribution in [1.29, 1.82) is 0 Å². The van der Waals surface area contributed by atoms with Crippen molar-refractivity contribution in [2.24, 2.45) is 0 Å². The Morgan fingerprint density at radius 1 is 1.15 bits per heavy atom. The average molecular weight is 357 g/mol. The zero-order valence-corrected chi connectivity index (χ0v) is 14.9. The number of benzene rings is 2. The highest BCUT2D eigenvalue weighted by Crippen LogP contribution is 2.23. The largest absolute Gasteiger partial charge is 0.507 e. The standard InChI is InChI=1S/C20H23NO5/c1-3-7-17(14-8-5-4-6-9-14)21-19(23)13-26-20(24)16-12-15(25-2)10-11-18(16)22/h4-6,8-12,17,22H,3,7,13H2,1-2H3,(H,21,23)/t17-/m1/s1. The summed E-state index contributed by atoms with van der Waals surface area (Å²) in [5.41, 5.74) is 0.949. The molecule has 2 rings (SSSR count). The lowest BCUT2D eigenvalue weighted by atomic mass is 10.0. The van der Waals surface area contributed by atoms with E-state index in [2.05, 4.69) is 5.32 Å². The lowest BCUT2D eigenvalue weighted by Gasteiger charge is -2.18. The zero-order chi connectivity index (χ0) is 18.9. The molecule has 0 aliphatic carbocycles. The molecule has 6 heteroatoms. The van der Waals surface area contributed by atoms with Crippen molar-refractivity contribution in [1.82, 2.24) is 5.32 Å². The third kappa shape index (κ3) is 5.24. The number of methoxy groups -OCH3 is 1. The molecule has 0 radical (unpaired) electrons. The smallest absolute Gasteiger partial charge is 0.342 e. The lowest BCUT2D eigenvalue weighted by Crippen LogP contribution is -2.32. The number of esters is 1. The minimum Gasteiger partial charge on any atom is -0.507 e. The third-order valence-electron chi connectivity index (χ3n) is 3.87. The summed E-state index contributed by atoms with van der Waals surface area (Å²) in [4.78, 5) is 24.3. The number of hydrogen-bond acceptors (Lipinski definition) is 5. The highest BCUT2D eigenvalue weighted by atomic mass is 16.5. The molecule has 0 spiro atoms. The van der Waals surface area contributed by atoms with Crippen molar-refractivity contribution in [3.63, 3.8) is 0 Å². The molecule has 26 heavy (non-hydrogen) atoms. The van der Waals surface area contributed by atoms with Gasteiger partial charge in [-0.25, -0.2) is 4.79 Å². The maximum atomic E-state index is 12.2. The van der Waals surface area contributed by atoms with Gasteiger partial charge in [-0.15, -0.1) is 0 Å². The van der Waals surface area contributed by atoms with Crippen LogP contribution >= 0.6 is 0 Å². The van der Waals surface area contributed by atoms with Gasteiger partial charge in [0.1, 0.15) is 17.1 Å². The number of amides is 1. The van der Waals surface area contributed by atoms with Crippen LogP contribution in [0, 0.1) is 0 Å². The quantitative estimate of drug-likeness (QED) is 0.709. The maximum absolute atomic E-state index is 12.2. The molecule has 2 aromatic carbocycles. The van der Waals surface area contributed by atoms with Gasteiger partial charge in [-0.3, -0.25) is 4.79 Å². The fourth-order valence-electron chi connectivity index (χ4n) is 2.55. The van der Waals surface area contributed by atoms with Crippen molar-refractivity contribution in [2.75, 3.05) is 13.7 Å². The zero-order valence-electron chi connectivity index (χ0n) is 14.9. The van der Waals surface area contributed by atoms with E-state index in [-0.39, 0.29) is 17.4 Å². The van der Waals surface area contributed by atoms with Gasteiger partial charge in [-0.2, -0.15) is 0 Å². The van der Waals surface area contributed by atoms with E-state index >= 15 is 0 Å². The van der Waals surface area contributed by atoms with Crippen molar-refractivity contribution >= 4 is 11.9 Å². The molecule has 0 unspecified atom stereocenters. The summed E-state index contributed by atoms with van der Waals surface area (Å²) in [5, 5.41) is 12.6. The maximum Gasteiger partial charge on any atom is 0.342 e. The van der Waals surface area contributed by atoms with Crippen LogP contribution in [-0.2, 0) is 9.53 Å². The van der Waals surface area contributed by atoms with E-state index in [0.717, 1.165) is 18.4 Å². The van der Waals surface area contributed by atoms with Crippen LogP contribution in [0.4, 0.5) is 0 Å². The molecule has 0 aliphatic rings. The third-order valence-corrected chi connectivity index (χ3v) is 3.87. The van der Waals surface area contributed by atoms with Crippen LogP contribution in [0.1, 0.15) is 41.7 Å². The van der Waals surface area contributed by atoms with Crippen molar-refractivity contribution < 1.29 is 24.2 Å². The molecule has 0 aromatic heterocycles. The van der Waals surface area contributed by atoms with E-state index in [0.29, 0.717) is 5.75 Å². The average Bonchev–Trinajstić information content (AvgIpc) is 2.67. The molecule has 2 N–H and O–H groups in total. The molecule has 0 saturated heterocycles. The Morgan fingerprint density at radius 2 is 1.88 bits per heavy atom. The summed E-state index contributed by atoms with van der Waals surface area (Å²) in [5.74, 6) is -1.01. The van der Waals surface area contributed by atoms with Gasteiger partial charge in [0, 0.05) is 0 Å². The van der Waals surface area contributed by atoms with Crippen LogP contribution in [0.3, 0.4) is 0 Å². The van der Waals surface area contributed by atoms with E-state index in [1.54, 1.807) is 0 Å². The summed E-state index contributed by atoms with van der Waals surface area (Å²) < 4.78 is 10.0. The fraction of sp³-hybridized carbons (Fsp3) is 0.300. The Balaban J connectivity index is 1.96. The molecule has 1 atom stereocenters. The van der Waals surface area contributed by atoms with Crippen LogP contribution in [0.25, 0.3) is 0 Å². The first kappa shape index (κ1) is 19.3. The summed E-state index contributed by atoms with van der Waals surface area (Å²) in [6.45, 7) is 1.61. The summed E-state index contributed by atoms with van der Waals surface area (Å²) in [6.07, 6.45) is 1.68. The molecule has 0 heterocycles. The van der Waals surface area contributed by atoms with Gasteiger partial charge < -0.3 is 19.9 Å². The summed E-state index contributed by atoms with van der Waals surface area (Å²) in [6, 6.07) is 13.7. The number of hydrogen-bond donors (Lipinski definition) is 2. The van der Waals surface area contributed by atoms with Crippen LogP contribution in [0.15, 0.2) is 48.5 Å². The van der Waals surface area contributed by atoms with Crippen LogP contribution in [0.2, 0.25) is 0 Å². The minimum atomic E-state index is -0.789. The molecule has 0 fully saturated rings. The molecular weight excluding hydrogens is 334 g/mol. The Kier molecular flexibility index (Phi) is 7.02. The van der Waals surface area contributed by atoms with Gasteiger partial charge in [0.25, 0.3) is 5.91 Å². The highest BCUT2D eigenvalue weighted by Gasteiger charge is 2.18. The van der Waals surface area contributed by atoms with Crippen molar-refractivity contribution in [3.8, 4) is 11.5 Å². The van der Waals surface area contributed by atoms with E-state index < -0.39 is 18.5 Å². The SMILES string of the molecule is CCC[C@@H](NC(=O)COC(=O)c1cc(OC)ccc1O)c1ccccc1. The van der Waals surface area contributed by atoms with Crippen LogP contribution in [0.5, 0.6) is 11.5 Å². The molecule has 0 saturated carbocycles. The molecule has 1 amide bonds. The van der Waals surface area contributed by atoms with E-state index in [4.69, 9.17) is 9.47 Å². The summed E-state index contributed by atoms with van der Waals surface area (Å²) in [7, 11) is 1.45. The van der Waals surface area contributed by atoms with Crippen molar-refractivity contribution in [3.05, 3.63) is 59.7 Å². The Morgan fingerprint density at radius 3 is 2.54 bits per heavy atom. The molecule has 6 nitrogen and oxygen atoms in total. The van der Waals surface area contributed by atoms with E-state index in [9.17, 15) is 14.7 Å². The first-order valence-corrected chi connectivity index (χ1v) is 8.43. The van der Waals surface area contributed by atoms with Gasteiger partial charge >= 0.3 is 5.97 Å². The number of aromatic hydroxyl groups is 1. The molecular formula is C20H23NO5. The predicted molar refractivity (Wildman–Crippen MR) is 97.2 cm³/mol. The number of phenols is 1. The minimum absolute atomic E-state index is 0.0506. The van der Waals surface area contributed by atoms with E-state index in [1.165, 1.54) is 25.3 Å². The number of carbonyl (C=O) groups excluding carboxylic acids is 2. The van der Waals surface area contributed by atoms with Gasteiger partial charge in [0.2, 0.25) is 0 Å². The van der Waals surface area contributed by atoms with E-state index in [1.807, 2.05) is 37.3 Å². The van der Waals surface area contributed by atoms with Crippen LogP contribution < -0.4 is 10.1 Å². The fourth-order valence-corrected chi connectivity index (χ4v) is 2.55. The van der Waals surface area contributed by atoms with Crippen molar-refractivity contribution in [2.45, 2.75) is 25.8 Å². The molecule has 138 valence electrons. The number of ether oxygens (including phenoxy) is 2. The number of rotatable bonds is 8. The first-order chi connectivity index (χ1) is 12.5. The number of nitrogens with one attached hydrogen (secondary N) is 1. The van der Waals surface area contributed by atoms with Gasteiger partial charge in [0.15, 0.2) is 6.61 Å². The molecule has 0 aliphatic heterocycles. The second-order valence-corrected chi connectivity index (χ2v) is 5.78. The topological polar surface area (TPSA) is 84.9 Å². The van der Waals surface area contributed by atoms with Crippen LogP contribution in [-0.4, -0.2) is 30.7 Å². The highest BCUT2D eigenvalue weighted by molar-refractivity contribution is 5.94. The van der Waals surface area contributed by atoms with Gasteiger partial charge in [-0.1, -0.05) is 43.7 Å². The Hall–Kier alpha value is -3.02. The first-order valence-electron chi connectivity index (χ1n) is 8.43. The molecule has 0 bridgehead atoms. The summed E-state index contributed by atoms with van der Waals surface area (Å²) >= 11 is 0. The monoisotopic (exact) mass is 357 g/mol. The molecule has 2 aromatic rings.